The van der Waals surface area contributed by atoms with Gasteiger partial charge in [-0.1, -0.05) is 44.2 Å². The summed E-state index contributed by atoms with van der Waals surface area (Å²) in [7, 11) is 0. The molecule has 2 aromatic carbocycles. The molecule has 2 aromatic rings. The minimum atomic E-state index is 0.428. The van der Waals surface area contributed by atoms with Crippen LogP contribution in [0.2, 0.25) is 0 Å². The van der Waals surface area contributed by atoms with Crippen LogP contribution in [0.15, 0.2) is 48.5 Å². The van der Waals surface area contributed by atoms with Gasteiger partial charge in [0.15, 0.2) is 0 Å². The Bertz CT molecular complexity index is 548. The van der Waals surface area contributed by atoms with E-state index in [1.807, 2.05) is 19.1 Å². The highest BCUT2D eigenvalue weighted by Gasteiger charge is 2.08. The van der Waals surface area contributed by atoms with Crippen LogP contribution in [0.1, 0.15) is 38.8 Å². The van der Waals surface area contributed by atoms with Gasteiger partial charge in [-0.15, -0.1) is 0 Å². The van der Waals surface area contributed by atoms with Gasteiger partial charge in [0.1, 0.15) is 5.75 Å². The Morgan fingerprint density at radius 3 is 2.33 bits per heavy atom. The molecule has 21 heavy (non-hydrogen) atoms. The Morgan fingerprint density at radius 1 is 0.952 bits per heavy atom. The van der Waals surface area contributed by atoms with Crippen LogP contribution in [-0.4, -0.2) is 13.2 Å². The Morgan fingerprint density at radius 2 is 1.71 bits per heavy atom. The van der Waals surface area contributed by atoms with Crippen LogP contribution in [-0.2, 0) is 0 Å². The van der Waals surface area contributed by atoms with Crippen LogP contribution in [0.3, 0.4) is 0 Å². The Balaban J connectivity index is 2.23. The molecule has 0 spiro atoms. The first-order valence-corrected chi connectivity index (χ1v) is 7.85. The standard InChI is InChI=1S/C19H25NO/c1-4-19(20-5-2)17-9-7-8-16(14-17)15-10-12-18(13-11-15)21-6-3/h7-14,19-20H,4-6H2,1-3H3. The molecule has 0 aliphatic carbocycles. The van der Waals surface area contributed by atoms with E-state index >= 15 is 0 Å². The molecule has 112 valence electrons. The van der Waals surface area contributed by atoms with Crippen LogP contribution in [0.25, 0.3) is 11.1 Å². The molecule has 0 bridgehead atoms. The first-order chi connectivity index (χ1) is 10.3. The summed E-state index contributed by atoms with van der Waals surface area (Å²) in [5.74, 6) is 0.927. The van der Waals surface area contributed by atoms with Gasteiger partial charge in [-0.3, -0.25) is 0 Å². The topological polar surface area (TPSA) is 21.3 Å². The van der Waals surface area contributed by atoms with E-state index in [9.17, 15) is 0 Å². The molecule has 2 rings (SSSR count). The van der Waals surface area contributed by atoms with Crippen LogP contribution in [0, 0.1) is 0 Å². The predicted molar refractivity (Wildman–Crippen MR) is 89.8 cm³/mol. The third-order valence-electron chi connectivity index (χ3n) is 3.65. The summed E-state index contributed by atoms with van der Waals surface area (Å²) in [6.07, 6.45) is 1.10. The average molecular weight is 283 g/mol. The van der Waals surface area contributed by atoms with E-state index in [4.69, 9.17) is 4.74 Å². The van der Waals surface area contributed by atoms with Crippen molar-refractivity contribution in [2.75, 3.05) is 13.2 Å². The van der Waals surface area contributed by atoms with Crippen molar-refractivity contribution in [1.82, 2.24) is 5.32 Å². The fourth-order valence-corrected chi connectivity index (χ4v) is 2.59. The van der Waals surface area contributed by atoms with Gasteiger partial charge in [-0.05, 0) is 54.8 Å². The lowest BCUT2D eigenvalue weighted by molar-refractivity contribution is 0.340. The normalized spacial score (nSPS) is 12.1. The van der Waals surface area contributed by atoms with Crippen LogP contribution in [0.4, 0.5) is 0 Å². The number of nitrogens with one attached hydrogen (secondary N) is 1. The number of ether oxygens (including phenoxy) is 1. The van der Waals surface area contributed by atoms with E-state index in [0.29, 0.717) is 12.6 Å². The second kappa shape index (κ2) is 7.84. The summed E-state index contributed by atoms with van der Waals surface area (Å²) < 4.78 is 5.50. The fourth-order valence-electron chi connectivity index (χ4n) is 2.59. The molecule has 0 saturated carbocycles. The lowest BCUT2D eigenvalue weighted by Crippen LogP contribution is -2.19. The zero-order valence-corrected chi connectivity index (χ0v) is 13.2. The van der Waals surface area contributed by atoms with Gasteiger partial charge in [-0.25, -0.2) is 0 Å². The maximum absolute atomic E-state index is 5.50. The number of benzene rings is 2. The van der Waals surface area contributed by atoms with Crippen molar-refractivity contribution < 1.29 is 4.74 Å². The highest BCUT2D eigenvalue weighted by Crippen LogP contribution is 2.26. The Kier molecular flexibility index (Phi) is 5.82. The van der Waals surface area contributed by atoms with Crippen molar-refractivity contribution >= 4 is 0 Å². The molecular formula is C19H25NO. The molecule has 0 aromatic heterocycles. The van der Waals surface area contributed by atoms with E-state index in [-0.39, 0.29) is 0 Å². The van der Waals surface area contributed by atoms with Crippen LogP contribution in [0.5, 0.6) is 5.75 Å². The van der Waals surface area contributed by atoms with Crippen molar-refractivity contribution in [2.45, 2.75) is 33.2 Å². The predicted octanol–water partition coefficient (Wildman–Crippen LogP) is 4.81. The minimum Gasteiger partial charge on any atom is -0.494 e. The van der Waals surface area contributed by atoms with E-state index in [0.717, 1.165) is 18.7 Å². The molecule has 0 aliphatic rings. The lowest BCUT2D eigenvalue weighted by Gasteiger charge is -2.17. The van der Waals surface area contributed by atoms with Crippen LogP contribution < -0.4 is 10.1 Å². The quantitative estimate of drug-likeness (QED) is 0.787. The monoisotopic (exact) mass is 283 g/mol. The maximum atomic E-state index is 5.50. The Hall–Kier alpha value is -1.80. The second-order valence-corrected chi connectivity index (χ2v) is 5.10. The molecule has 0 amide bonds. The smallest absolute Gasteiger partial charge is 0.119 e. The molecule has 1 N–H and O–H groups in total. The van der Waals surface area contributed by atoms with Crippen molar-refractivity contribution in [1.29, 1.82) is 0 Å². The van der Waals surface area contributed by atoms with Crippen LogP contribution >= 0.6 is 0 Å². The van der Waals surface area contributed by atoms with Crippen molar-refractivity contribution in [3.05, 3.63) is 54.1 Å². The summed E-state index contributed by atoms with van der Waals surface area (Å²) in [6.45, 7) is 8.07. The van der Waals surface area contributed by atoms with E-state index < -0.39 is 0 Å². The molecule has 0 fully saturated rings. The SMILES string of the molecule is CCNC(CC)c1cccc(-c2ccc(OCC)cc2)c1. The lowest BCUT2D eigenvalue weighted by atomic mass is 9.98. The maximum Gasteiger partial charge on any atom is 0.119 e. The van der Waals surface area contributed by atoms with Gasteiger partial charge in [0, 0.05) is 6.04 Å². The van der Waals surface area contributed by atoms with Crippen molar-refractivity contribution in [3.63, 3.8) is 0 Å². The van der Waals surface area contributed by atoms with Crippen molar-refractivity contribution in [2.24, 2.45) is 0 Å². The van der Waals surface area contributed by atoms with Gasteiger partial charge < -0.3 is 10.1 Å². The van der Waals surface area contributed by atoms with E-state index in [1.165, 1.54) is 16.7 Å². The second-order valence-electron chi connectivity index (χ2n) is 5.10. The largest absolute Gasteiger partial charge is 0.494 e. The van der Waals surface area contributed by atoms with E-state index in [1.54, 1.807) is 0 Å². The first-order valence-electron chi connectivity index (χ1n) is 7.85. The number of rotatable bonds is 7. The van der Waals surface area contributed by atoms with Gasteiger partial charge >= 0.3 is 0 Å². The highest BCUT2D eigenvalue weighted by atomic mass is 16.5. The zero-order valence-electron chi connectivity index (χ0n) is 13.2. The van der Waals surface area contributed by atoms with Gasteiger partial charge in [0.25, 0.3) is 0 Å². The number of hydrogen-bond donors (Lipinski definition) is 1. The molecule has 1 unspecified atom stereocenters. The minimum absolute atomic E-state index is 0.428. The molecule has 2 nitrogen and oxygen atoms in total. The molecular weight excluding hydrogens is 258 g/mol. The molecule has 0 aliphatic heterocycles. The third-order valence-corrected chi connectivity index (χ3v) is 3.65. The highest BCUT2D eigenvalue weighted by molar-refractivity contribution is 5.65. The van der Waals surface area contributed by atoms with Gasteiger partial charge in [0.05, 0.1) is 6.61 Å². The number of hydrogen-bond acceptors (Lipinski definition) is 2. The molecule has 0 radical (unpaired) electrons. The van der Waals surface area contributed by atoms with Gasteiger partial charge in [-0.2, -0.15) is 0 Å². The summed E-state index contributed by atoms with van der Waals surface area (Å²) in [5, 5.41) is 3.53. The van der Waals surface area contributed by atoms with E-state index in [2.05, 4.69) is 55.6 Å². The summed E-state index contributed by atoms with van der Waals surface area (Å²) in [5.41, 5.74) is 3.84. The molecule has 2 heteroatoms. The average Bonchev–Trinajstić information content (AvgIpc) is 2.54. The third kappa shape index (κ3) is 4.08. The molecule has 0 heterocycles. The molecule has 1 atom stereocenters. The zero-order chi connectivity index (χ0) is 15.1. The Labute approximate surface area is 128 Å². The van der Waals surface area contributed by atoms with Crippen molar-refractivity contribution in [3.8, 4) is 16.9 Å². The fraction of sp³-hybridized carbons (Fsp3) is 0.368. The summed E-state index contributed by atoms with van der Waals surface area (Å²) in [4.78, 5) is 0. The first kappa shape index (κ1) is 15.6. The van der Waals surface area contributed by atoms with Gasteiger partial charge in [0.2, 0.25) is 0 Å². The summed E-state index contributed by atoms with van der Waals surface area (Å²) in [6, 6.07) is 17.5. The summed E-state index contributed by atoms with van der Waals surface area (Å²) >= 11 is 0. The molecule has 0 saturated heterocycles.